The van der Waals surface area contributed by atoms with Crippen LogP contribution in [0.4, 0.5) is 13.2 Å². The topological polar surface area (TPSA) is 55.1 Å². The van der Waals surface area contributed by atoms with Gasteiger partial charge in [0.25, 0.3) is 0 Å². The van der Waals surface area contributed by atoms with Gasteiger partial charge in [-0.05, 0) is 32.1 Å². The molecule has 18 heavy (non-hydrogen) atoms. The van der Waals surface area contributed by atoms with E-state index in [0.717, 1.165) is 6.42 Å². The fourth-order valence-corrected chi connectivity index (χ4v) is 2.33. The predicted molar refractivity (Wildman–Crippen MR) is 62.8 cm³/mol. The van der Waals surface area contributed by atoms with Crippen LogP contribution in [0.1, 0.15) is 39.0 Å². The Balaban J connectivity index is 2.41. The highest BCUT2D eigenvalue weighted by Gasteiger charge is 2.42. The third-order valence-electron chi connectivity index (χ3n) is 3.68. The van der Waals surface area contributed by atoms with Gasteiger partial charge < -0.3 is 11.1 Å². The third kappa shape index (κ3) is 4.15. The van der Waals surface area contributed by atoms with Gasteiger partial charge >= 0.3 is 6.18 Å². The molecule has 1 unspecified atom stereocenters. The number of carbonyl (C=O) groups is 1. The van der Waals surface area contributed by atoms with Gasteiger partial charge in [-0.1, -0.05) is 6.92 Å². The molecule has 3 N–H and O–H groups in total. The first-order valence-electron chi connectivity index (χ1n) is 6.45. The number of hydrogen-bond donors (Lipinski definition) is 2. The Morgan fingerprint density at radius 1 is 1.33 bits per heavy atom. The molecule has 1 saturated carbocycles. The van der Waals surface area contributed by atoms with E-state index >= 15 is 0 Å². The van der Waals surface area contributed by atoms with Crippen LogP contribution in [0.15, 0.2) is 0 Å². The molecule has 0 aromatic rings. The van der Waals surface area contributed by atoms with Crippen molar-refractivity contribution in [1.29, 1.82) is 0 Å². The fourth-order valence-electron chi connectivity index (χ4n) is 2.33. The summed E-state index contributed by atoms with van der Waals surface area (Å²) in [7, 11) is 0. The molecule has 0 aromatic heterocycles. The molecule has 0 radical (unpaired) electrons. The summed E-state index contributed by atoms with van der Waals surface area (Å²) in [6, 6.07) is -0.0714. The second-order valence-corrected chi connectivity index (χ2v) is 4.94. The molecule has 3 nitrogen and oxygen atoms in total. The van der Waals surface area contributed by atoms with Crippen LogP contribution in [0.2, 0.25) is 0 Å². The first-order chi connectivity index (χ1) is 8.38. The molecule has 0 bridgehead atoms. The Morgan fingerprint density at radius 3 is 2.28 bits per heavy atom. The van der Waals surface area contributed by atoms with Gasteiger partial charge in [0.1, 0.15) is 0 Å². The number of hydrogen-bond acceptors (Lipinski definition) is 2. The highest BCUT2D eigenvalue weighted by molar-refractivity contribution is 5.79. The molecule has 0 heterocycles. The van der Waals surface area contributed by atoms with E-state index in [4.69, 9.17) is 5.73 Å². The highest BCUT2D eigenvalue weighted by Crippen LogP contribution is 2.39. The summed E-state index contributed by atoms with van der Waals surface area (Å²) in [6.45, 7) is 2.28. The van der Waals surface area contributed by atoms with Gasteiger partial charge in [0.05, 0.1) is 5.92 Å². The van der Waals surface area contributed by atoms with E-state index in [-0.39, 0.29) is 30.7 Å². The van der Waals surface area contributed by atoms with Crippen LogP contribution in [0.25, 0.3) is 0 Å². The zero-order valence-electron chi connectivity index (χ0n) is 10.6. The Kier molecular flexibility index (Phi) is 5.44. The van der Waals surface area contributed by atoms with Gasteiger partial charge in [0, 0.05) is 18.5 Å². The molecule has 0 aliphatic heterocycles. The van der Waals surface area contributed by atoms with Gasteiger partial charge in [-0.25, -0.2) is 0 Å². The van der Waals surface area contributed by atoms with Crippen molar-refractivity contribution in [2.45, 2.75) is 51.2 Å². The van der Waals surface area contributed by atoms with Gasteiger partial charge in [-0.15, -0.1) is 0 Å². The van der Waals surface area contributed by atoms with Crippen molar-refractivity contribution in [1.82, 2.24) is 5.32 Å². The Hall–Kier alpha value is -0.780. The Labute approximate surface area is 105 Å². The van der Waals surface area contributed by atoms with Gasteiger partial charge in [0.2, 0.25) is 5.91 Å². The number of amides is 1. The molecule has 106 valence electrons. The second kappa shape index (κ2) is 6.41. The van der Waals surface area contributed by atoms with Gasteiger partial charge in [-0.2, -0.15) is 13.2 Å². The third-order valence-corrected chi connectivity index (χ3v) is 3.68. The van der Waals surface area contributed by atoms with Crippen LogP contribution in [-0.2, 0) is 4.79 Å². The number of carbonyl (C=O) groups excluding carboxylic acids is 1. The van der Waals surface area contributed by atoms with E-state index in [1.807, 2.05) is 6.92 Å². The molecule has 1 rings (SSSR count). The Bertz CT molecular complexity index is 269. The SMILES string of the molecule is CCC(CN)NC(=O)C1CCC(C(F)(F)F)CC1. The van der Waals surface area contributed by atoms with Crippen molar-refractivity contribution in [3.63, 3.8) is 0 Å². The van der Waals surface area contributed by atoms with Crippen molar-refractivity contribution in [3.8, 4) is 0 Å². The second-order valence-electron chi connectivity index (χ2n) is 4.94. The quantitative estimate of drug-likeness (QED) is 0.819. The minimum atomic E-state index is -4.12. The molecule has 0 saturated heterocycles. The maximum absolute atomic E-state index is 12.5. The van der Waals surface area contributed by atoms with E-state index in [1.54, 1.807) is 0 Å². The van der Waals surface area contributed by atoms with E-state index in [0.29, 0.717) is 19.4 Å². The van der Waals surface area contributed by atoms with Gasteiger partial charge in [0.15, 0.2) is 0 Å². The maximum atomic E-state index is 12.5. The zero-order valence-corrected chi connectivity index (χ0v) is 10.6. The summed E-state index contributed by atoms with van der Waals surface area (Å²) in [6.07, 6.45) is -2.64. The lowest BCUT2D eigenvalue weighted by molar-refractivity contribution is -0.184. The molecular weight excluding hydrogens is 245 g/mol. The summed E-state index contributed by atoms with van der Waals surface area (Å²) in [5, 5.41) is 2.79. The number of nitrogens with two attached hydrogens (primary N) is 1. The maximum Gasteiger partial charge on any atom is 0.391 e. The molecule has 0 spiro atoms. The fraction of sp³-hybridized carbons (Fsp3) is 0.917. The van der Waals surface area contributed by atoms with E-state index in [2.05, 4.69) is 5.32 Å². The van der Waals surface area contributed by atoms with E-state index in [9.17, 15) is 18.0 Å². The lowest BCUT2D eigenvalue weighted by Gasteiger charge is -2.30. The minimum Gasteiger partial charge on any atom is -0.352 e. The summed E-state index contributed by atoms with van der Waals surface area (Å²) in [4.78, 5) is 11.8. The largest absolute Gasteiger partial charge is 0.391 e. The first kappa shape index (κ1) is 15.3. The van der Waals surface area contributed by atoms with Crippen molar-refractivity contribution in [2.75, 3.05) is 6.54 Å². The molecule has 1 atom stereocenters. The molecular formula is C12H21F3N2O. The normalized spacial score (nSPS) is 26.7. The van der Waals surface area contributed by atoms with Crippen LogP contribution >= 0.6 is 0 Å². The molecule has 1 aliphatic carbocycles. The number of alkyl halides is 3. The van der Waals surface area contributed by atoms with Crippen LogP contribution in [0.3, 0.4) is 0 Å². The number of rotatable bonds is 4. The zero-order chi connectivity index (χ0) is 13.8. The summed E-state index contributed by atoms with van der Waals surface area (Å²) in [5.74, 6) is -1.67. The number of halogens is 3. The summed E-state index contributed by atoms with van der Waals surface area (Å²) in [5.41, 5.74) is 5.48. The smallest absolute Gasteiger partial charge is 0.352 e. The highest BCUT2D eigenvalue weighted by atomic mass is 19.4. The lowest BCUT2D eigenvalue weighted by atomic mass is 9.81. The van der Waals surface area contributed by atoms with Crippen LogP contribution in [-0.4, -0.2) is 24.7 Å². The van der Waals surface area contributed by atoms with Gasteiger partial charge in [-0.3, -0.25) is 4.79 Å². The molecule has 0 aromatic carbocycles. The molecule has 1 aliphatic rings. The lowest BCUT2D eigenvalue weighted by Crippen LogP contribution is -2.44. The van der Waals surface area contributed by atoms with Crippen molar-refractivity contribution in [2.24, 2.45) is 17.6 Å². The van der Waals surface area contributed by atoms with Crippen molar-refractivity contribution in [3.05, 3.63) is 0 Å². The summed E-state index contributed by atoms with van der Waals surface area (Å²) < 4.78 is 37.4. The monoisotopic (exact) mass is 266 g/mol. The molecule has 1 fully saturated rings. The minimum absolute atomic E-state index is 0.0566. The van der Waals surface area contributed by atoms with Crippen molar-refractivity contribution >= 4 is 5.91 Å². The summed E-state index contributed by atoms with van der Waals surface area (Å²) >= 11 is 0. The molecule has 6 heteroatoms. The molecule has 1 amide bonds. The van der Waals surface area contributed by atoms with E-state index in [1.165, 1.54) is 0 Å². The van der Waals surface area contributed by atoms with E-state index < -0.39 is 12.1 Å². The average molecular weight is 266 g/mol. The average Bonchev–Trinajstić information content (AvgIpc) is 2.34. The van der Waals surface area contributed by atoms with Crippen LogP contribution in [0.5, 0.6) is 0 Å². The van der Waals surface area contributed by atoms with Crippen LogP contribution in [0, 0.1) is 11.8 Å². The Morgan fingerprint density at radius 2 is 1.89 bits per heavy atom. The number of nitrogens with one attached hydrogen (secondary N) is 1. The standard InChI is InChI=1S/C12H21F3N2O/c1-2-10(7-16)17-11(18)8-3-5-9(6-4-8)12(13,14)15/h8-10H,2-7,16H2,1H3,(H,17,18). The first-order valence-corrected chi connectivity index (χ1v) is 6.45. The van der Waals surface area contributed by atoms with Crippen LogP contribution < -0.4 is 11.1 Å². The van der Waals surface area contributed by atoms with Crippen molar-refractivity contribution < 1.29 is 18.0 Å². The predicted octanol–water partition coefficient (Wildman–Crippen LogP) is 2.21.